The molecule has 3 N–H and O–H groups in total. The Hall–Kier alpha value is -3.99. The third-order valence-electron chi connectivity index (χ3n) is 4.69. The quantitative estimate of drug-likeness (QED) is 0.421. The van der Waals surface area contributed by atoms with Crippen molar-refractivity contribution >= 4 is 27.5 Å². The van der Waals surface area contributed by atoms with E-state index in [-0.39, 0.29) is 23.3 Å². The van der Waals surface area contributed by atoms with Gasteiger partial charge in [0.1, 0.15) is 5.75 Å². The lowest BCUT2D eigenvalue weighted by molar-refractivity contribution is -0.121. The van der Waals surface area contributed by atoms with Gasteiger partial charge in [0.25, 0.3) is 15.9 Å². The minimum atomic E-state index is -3.98. The van der Waals surface area contributed by atoms with E-state index in [1.165, 1.54) is 43.5 Å². The summed E-state index contributed by atoms with van der Waals surface area (Å²) in [6, 6.07) is 14.8. The van der Waals surface area contributed by atoms with Crippen LogP contribution in [0.3, 0.4) is 0 Å². The van der Waals surface area contributed by atoms with Crippen LogP contribution in [0.15, 0.2) is 71.6 Å². The van der Waals surface area contributed by atoms with Gasteiger partial charge in [0, 0.05) is 17.7 Å². The molecule has 0 bridgehead atoms. The van der Waals surface area contributed by atoms with Crippen molar-refractivity contribution in [2.75, 3.05) is 11.8 Å². The Labute approximate surface area is 195 Å². The van der Waals surface area contributed by atoms with Crippen LogP contribution in [0.2, 0.25) is 0 Å². The molecule has 0 spiro atoms. The zero-order valence-corrected chi connectivity index (χ0v) is 18.8. The molecular formula is C23H21F2N3O5S. The number of ether oxygens (including phenoxy) is 1. The molecule has 2 amide bonds. The number of halogens is 2. The number of hydrazine groups is 1. The minimum absolute atomic E-state index is 0.00138. The second kappa shape index (κ2) is 10.8. The van der Waals surface area contributed by atoms with Gasteiger partial charge in [-0.25, -0.2) is 17.2 Å². The van der Waals surface area contributed by atoms with Crippen molar-refractivity contribution in [3.05, 3.63) is 89.5 Å². The van der Waals surface area contributed by atoms with Crippen LogP contribution < -0.4 is 20.3 Å². The molecule has 11 heteroatoms. The molecule has 0 saturated carbocycles. The van der Waals surface area contributed by atoms with Crippen LogP contribution in [0.1, 0.15) is 22.3 Å². The molecule has 0 saturated heterocycles. The minimum Gasteiger partial charge on any atom is -0.497 e. The summed E-state index contributed by atoms with van der Waals surface area (Å²) < 4.78 is 59.0. The van der Waals surface area contributed by atoms with E-state index in [4.69, 9.17) is 4.74 Å². The Morgan fingerprint density at radius 1 is 0.912 bits per heavy atom. The zero-order chi connectivity index (χ0) is 24.7. The molecule has 178 valence electrons. The fourth-order valence-corrected chi connectivity index (χ4v) is 4.00. The van der Waals surface area contributed by atoms with Crippen molar-refractivity contribution in [1.29, 1.82) is 0 Å². The van der Waals surface area contributed by atoms with Crippen molar-refractivity contribution in [1.82, 2.24) is 10.9 Å². The van der Waals surface area contributed by atoms with Gasteiger partial charge in [0.05, 0.1) is 12.0 Å². The number of aryl methyl sites for hydroxylation is 1. The van der Waals surface area contributed by atoms with E-state index < -0.39 is 33.5 Å². The number of carbonyl (C=O) groups excluding carboxylic acids is 2. The number of nitrogens with one attached hydrogen (secondary N) is 3. The first kappa shape index (κ1) is 24.6. The monoisotopic (exact) mass is 489 g/mol. The Balaban J connectivity index is 1.57. The molecule has 3 aromatic carbocycles. The van der Waals surface area contributed by atoms with Crippen LogP contribution in [0.5, 0.6) is 5.75 Å². The van der Waals surface area contributed by atoms with E-state index in [0.29, 0.717) is 17.0 Å². The molecule has 0 aliphatic rings. The molecule has 0 atom stereocenters. The lowest BCUT2D eigenvalue weighted by Gasteiger charge is -2.11. The van der Waals surface area contributed by atoms with Gasteiger partial charge >= 0.3 is 0 Å². The molecule has 0 unspecified atom stereocenters. The third-order valence-corrected chi connectivity index (χ3v) is 6.07. The van der Waals surface area contributed by atoms with Crippen LogP contribution in [-0.2, 0) is 21.2 Å². The first-order valence-corrected chi connectivity index (χ1v) is 11.5. The largest absolute Gasteiger partial charge is 0.497 e. The molecule has 0 heterocycles. The smallest absolute Gasteiger partial charge is 0.269 e. The zero-order valence-electron chi connectivity index (χ0n) is 18.0. The normalized spacial score (nSPS) is 10.9. The Kier molecular flexibility index (Phi) is 7.79. The Morgan fingerprint density at radius 3 is 2.32 bits per heavy atom. The van der Waals surface area contributed by atoms with E-state index in [9.17, 15) is 26.8 Å². The number of methoxy groups -OCH3 is 1. The van der Waals surface area contributed by atoms with Crippen LogP contribution in [0.25, 0.3) is 0 Å². The Bertz CT molecular complexity index is 1300. The average Bonchev–Trinajstić information content (AvgIpc) is 2.83. The van der Waals surface area contributed by atoms with Gasteiger partial charge in [-0.2, -0.15) is 0 Å². The molecule has 3 aromatic rings. The standard InChI is InChI=1S/C23H21F2N3O5S/c1-33-18-9-7-17(8-10-18)28-34(31,32)19-4-2-3-16(14-19)23(30)27-26-22(29)12-6-15-5-11-20(24)21(25)13-15/h2-5,7-11,13-14,28H,6,12H2,1H3,(H,26,29)(H,27,30). The lowest BCUT2D eigenvalue weighted by Crippen LogP contribution is -2.41. The molecule has 34 heavy (non-hydrogen) atoms. The van der Waals surface area contributed by atoms with Gasteiger partial charge in [-0.1, -0.05) is 12.1 Å². The number of benzene rings is 3. The van der Waals surface area contributed by atoms with Gasteiger partial charge < -0.3 is 4.74 Å². The van der Waals surface area contributed by atoms with Crippen molar-refractivity contribution in [3.63, 3.8) is 0 Å². The van der Waals surface area contributed by atoms with E-state index in [2.05, 4.69) is 15.6 Å². The van der Waals surface area contributed by atoms with E-state index in [0.717, 1.165) is 18.2 Å². The molecule has 3 rings (SSSR count). The molecule has 0 fully saturated rings. The number of sulfonamides is 1. The highest BCUT2D eigenvalue weighted by atomic mass is 32.2. The van der Waals surface area contributed by atoms with Crippen LogP contribution in [0.4, 0.5) is 14.5 Å². The topological polar surface area (TPSA) is 114 Å². The van der Waals surface area contributed by atoms with Crippen molar-refractivity contribution in [2.24, 2.45) is 0 Å². The number of hydrogen-bond acceptors (Lipinski definition) is 5. The summed E-state index contributed by atoms with van der Waals surface area (Å²) in [5.41, 5.74) is 5.12. The summed E-state index contributed by atoms with van der Waals surface area (Å²) in [5, 5.41) is 0. The van der Waals surface area contributed by atoms with Crippen molar-refractivity contribution in [2.45, 2.75) is 17.7 Å². The molecular weight excluding hydrogens is 468 g/mol. The maximum atomic E-state index is 13.2. The maximum Gasteiger partial charge on any atom is 0.269 e. The summed E-state index contributed by atoms with van der Waals surface area (Å²) >= 11 is 0. The van der Waals surface area contributed by atoms with E-state index >= 15 is 0 Å². The van der Waals surface area contributed by atoms with Gasteiger partial charge in [0.15, 0.2) is 11.6 Å². The highest BCUT2D eigenvalue weighted by molar-refractivity contribution is 7.92. The Morgan fingerprint density at radius 2 is 1.65 bits per heavy atom. The number of anilines is 1. The number of rotatable bonds is 8. The summed E-state index contributed by atoms with van der Waals surface area (Å²) in [5.74, 6) is -2.73. The highest BCUT2D eigenvalue weighted by Gasteiger charge is 2.17. The predicted molar refractivity (Wildman–Crippen MR) is 121 cm³/mol. The molecule has 0 aliphatic heterocycles. The maximum absolute atomic E-state index is 13.2. The number of amides is 2. The second-order valence-electron chi connectivity index (χ2n) is 7.11. The van der Waals surface area contributed by atoms with Crippen LogP contribution >= 0.6 is 0 Å². The van der Waals surface area contributed by atoms with Gasteiger partial charge in [-0.05, 0) is 66.6 Å². The second-order valence-corrected chi connectivity index (χ2v) is 8.79. The highest BCUT2D eigenvalue weighted by Crippen LogP contribution is 2.20. The van der Waals surface area contributed by atoms with Crippen LogP contribution in [0, 0.1) is 11.6 Å². The SMILES string of the molecule is COc1ccc(NS(=O)(=O)c2cccc(C(=O)NNC(=O)CCc3ccc(F)c(F)c3)c2)cc1. The van der Waals surface area contributed by atoms with Gasteiger partial charge in [-0.3, -0.25) is 25.2 Å². The first-order valence-electron chi connectivity index (χ1n) is 9.98. The van der Waals surface area contributed by atoms with Crippen LogP contribution in [-0.4, -0.2) is 27.3 Å². The first-order chi connectivity index (χ1) is 16.2. The number of carbonyl (C=O) groups is 2. The number of hydrogen-bond donors (Lipinski definition) is 3. The lowest BCUT2D eigenvalue weighted by atomic mass is 10.1. The molecule has 0 radical (unpaired) electrons. The fourth-order valence-electron chi connectivity index (χ4n) is 2.89. The molecule has 0 aliphatic carbocycles. The third kappa shape index (κ3) is 6.51. The van der Waals surface area contributed by atoms with Gasteiger partial charge in [-0.15, -0.1) is 0 Å². The van der Waals surface area contributed by atoms with Gasteiger partial charge in [0.2, 0.25) is 5.91 Å². The van der Waals surface area contributed by atoms with E-state index in [1.807, 2.05) is 0 Å². The summed E-state index contributed by atoms with van der Waals surface area (Å²) in [7, 11) is -2.49. The summed E-state index contributed by atoms with van der Waals surface area (Å²) in [6.45, 7) is 0. The van der Waals surface area contributed by atoms with Crippen molar-refractivity contribution < 1.29 is 31.5 Å². The predicted octanol–water partition coefficient (Wildman–Crippen LogP) is 3.17. The molecule has 8 nitrogen and oxygen atoms in total. The molecule has 0 aromatic heterocycles. The van der Waals surface area contributed by atoms with Crippen molar-refractivity contribution in [3.8, 4) is 5.75 Å². The average molecular weight is 490 g/mol. The fraction of sp³-hybridized carbons (Fsp3) is 0.130. The summed E-state index contributed by atoms with van der Waals surface area (Å²) in [4.78, 5) is 24.2. The summed E-state index contributed by atoms with van der Waals surface area (Å²) in [6.07, 6.45) is 0.0369. The van der Waals surface area contributed by atoms with E-state index in [1.54, 1.807) is 12.1 Å².